The number of hydrogen-bond donors (Lipinski definition) is 2. The second-order valence-corrected chi connectivity index (χ2v) is 9.30. The van der Waals surface area contributed by atoms with Gasteiger partial charge in [0.25, 0.3) is 11.8 Å². The van der Waals surface area contributed by atoms with Gasteiger partial charge in [-0.3, -0.25) is 14.9 Å². The molecule has 1 aromatic heterocycles. The molecule has 1 aliphatic rings. The average Bonchev–Trinajstić information content (AvgIpc) is 3.24. The number of ether oxygens (including phenoxy) is 1. The summed E-state index contributed by atoms with van der Waals surface area (Å²) in [5.74, 6) is -1.76. The Kier molecular flexibility index (Phi) is 6.90. The summed E-state index contributed by atoms with van der Waals surface area (Å²) in [5.41, 5.74) is 0.329. The summed E-state index contributed by atoms with van der Waals surface area (Å²) >= 11 is 1.31. The number of morpholine rings is 1. The van der Waals surface area contributed by atoms with E-state index in [-0.39, 0.29) is 11.4 Å². The van der Waals surface area contributed by atoms with E-state index in [1.165, 1.54) is 47.7 Å². The number of amides is 2. The average molecular weight is 487 g/mol. The van der Waals surface area contributed by atoms with E-state index in [0.717, 1.165) is 10.6 Å². The molecule has 2 amide bonds. The number of anilines is 2. The van der Waals surface area contributed by atoms with Crippen LogP contribution >= 0.6 is 11.3 Å². The first kappa shape index (κ1) is 23.8. The van der Waals surface area contributed by atoms with Crippen LogP contribution in [0.3, 0.4) is 0 Å². The maximum atomic E-state index is 13.5. The smallest absolute Gasteiger partial charge is 0.252 e. The molecule has 0 spiro atoms. The minimum Gasteiger partial charge on any atom is -0.378 e. The van der Waals surface area contributed by atoms with Gasteiger partial charge in [-0.1, -0.05) is 11.3 Å². The summed E-state index contributed by atoms with van der Waals surface area (Å²) in [5, 5.41) is 6.66. The van der Waals surface area contributed by atoms with Crippen molar-refractivity contribution in [1.29, 1.82) is 0 Å². The van der Waals surface area contributed by atoms with Gasteiger partial charge in [-0.25, -0.2) is 13.8 Å². The summed E-state index contributed by atoms with van der Waals surface area (Å²) in [4.78, 5) is 32.3. The van der Waals surface area contributed by atoms with Gasteiger partial charge in [0.05, 0.1) is 13.2 Å². The van der Waals surface area contributed by atoms with Crippen molar-refractivity contribution < 1.29 is 23.1 Å². The lowest BCUT2D eigenvalue weighted by atomic mass is 10.0. The highest BCUT2D eigenvalue weighted by molar-refractivity contribution is 7.20. The van der Waals surface area contributed by atoms with Gasteiger partial charge in [-0.2, -0.15) is 0 Å². The normalized spacial score (nSPS) is 14.1. The van der Waals surface area contributed by atoms with Crippen molar-refractivity contribution in [3.8, 4) is 11.3 Å². The second-order valence-electron chi connectivity index (χ2n) is 8.32. The van der Waals surface area contributed by atoms with Gasteiger partial charge in [0.1, 0.15) is 27.9 Å². The van der Waals surface area contributed by atoms with Crippen molar-refractivity contribution in [3.05, 3.63) is 65.7 Å². The molecule has 0 aliphatic carbocycles. The molecule has 2 N–H and O–H groups in total. The quantitative estimate of drug-likeness (QED) is 0.549. The Bertz CT molecular complexity index is 1170. The van der Waals surface area contributed by atoms with E-state index in [4.69, 9.17) is 4.74 Å². The molecule has 34 heavy (non-hydrogen) atoms. The van der Waals surface area contributed by atoms with Crippen molar-refractivity contribution in [1.82, 2.24) is 10.3 Å². The minimum absolute atomic E-state index is 0.240. The van der Waals surface area contributed by atoms with E-state index in [2.05, 4.69) is 20.5 Å². The van der Waals surface area contributed by atoms with Crippen LogP contribution in [-0.4, -0.2) is 48.6 Å². The lowest BCUT2D eigenvalue weighted by molar-refractivity contribution is -0.120. The number of carbonyl (C=O) groups excluding carboxylic acids is 2. The number of hydrogen-bond acceptors (Lipinski definition) is 6. The largest absolute Gasteiger partial charge is 0.378 e. The standard InChI is InChI=1S/C24H24F2N4O3S/c1-24(2,29-20(31)16-5-9-18(26)10-6-16)22(32)28-23-27-19(15-3-7-17(25)8-4-15)21(34-23)30-11-13-33-14-12-30/h3-10H,11-14H2,1-2H3,(H,29,31)(H,27,28,32). The number of halogens is 2. The summed E-state index contributed by atoms with van der Waals surface area (Å²) in [6.45, 7) is 5.63. The predicted molar refractivity (Wildman–Crippen MR) is 127 cm³/mol. The topological polar surface area (TPSA) is 83.6 Å². The van der Waals surface area contributed by atoms with Gasteiger partial charge in [0.2, 0.25) is 0 Å². The van der Waals surface area contributed by atoms with E-state index < -0.39 is 23.2 Å². The Hall–Kier alpha value is -3.37. The molecular formula is C24H24F2N4O3S. The number of rotatable bonds is 6. The lowest BCUT2D eigenvalue weighted by Crippen LogP contribution is -2.52. The molecule has 2 heterocycles. The maximum absolute atomic E-state index is 13.5. The predicted octanol–water partition coefficient (Wildman–Crippen LogP) is 4.07. The van der Waals surface area contributed by atoms with Crippen molar-refractivity contribution in [2.75, 3.05) is 36.5 Å². The van der Waals surface area contributed by atoms with Crippen LogP contribution in [0.5, 0.6) is 0 Å². The molecule has 0 radical (unpaired) electrons. The Morgan fingerprint density at radius 2 is 1.59 bits per heavy atom. The van der Waals surface area contributed by atoms with Crippen molar-refractivity contribution in [3.63, 3.8) is 0 Å². The third-order valence-electron chi connectivity index (χ3n) is 5.35. The minimum atomic E-state index is -1.27. The molecule has 1 saturated heterocycles. The molecule has 2 aromatic carbocycles. The number of thiazole rings is 1. The van der Waals surface area contributed by atoms with Gasteiger partial charge in [-0.15, -0.1) is 0 Å². The zero-order valence-corrected chi connectivity index (χ0v) is 19.5. The highest BCUT2D eigenvalue weighted by Gasteiger charge is 2.31. The Labute approximate surface area is 199 Å². The first-order chi connectivity index (χ1) is 16.2. The van der Waals surface area contributed by atoms with E-state index in [9.17, 15) is 18.4 Å². The molecule has 3 aromatic rings. The highest BCUT2D eigenvalue weighted by Crippen LogP contribution is 2.39. The van der Waals surface area contributed by atoms with Gasteiger partial charge < -0.3 is 15.0 Å². The van der Waals surface area contributed by atoms with Crippen LogP contribution in [0.25, 0.3) is 11.3 Å². The van der Waals surface area contributed by atoms with E-state index in [1.54, 1.807) is 26.0 Å². The zero-order valence-electron chi connectivity index (χ0n) is 18.7. The van der Waals surface area contributed by atoms with E-state index >= 15 is 0 Å². The van der Waals surface area contributed by atoms with Crippen LogP contribution in [-0.2, 0) is 9.53 Å². The van der Waals surface area contributed by atoms with Gasteiger partial charge >= 0.3 is 0 Å². The van der Waals surface area contributed by atoms with Crippen molar-refractivity contribution in [2.24, 2.45) is 0 Å². The van der Waals surface area contributed by atoms with Crippen molar-refractivity contribution in [2.45, 2.75) is 19.4 Å². The van der Waals surface area contributed by atoms with E-state index in [1.807, 2.05) is 0 Å². The van der Waals surface area contributed by atoms with Gasteiger partial charge in [-0.05, 0) is 62.4 Å². The number of nitrogens with zero attached hydrogens (tertiary/aromatic N) is 2. The molecule has 0 saturated carbocycles. The highest BCUT2D eigenvalue weighted by atomic mass is 32.1. The molecule has 0 unspecified atom stereocenters. The third-order valence-corrected chi connectivity index (χ3v) is 6.38. The third kappa shape index (κ3) is 5.40. The first-order valence-corrected chi connectivity index (χ1v) is 11.5. The molecular weight excluding hydrogens is 462 g/mol. The van der Waals surface area contributed by atoms with Crippen LogP contribution in [0.2, 0.25) is 0 Å². The molecule has 7 nitrogen and oxygen atoms in total. The van der Waals surface area contributed by atoms with E-state index in [0.29, 0.717) is 37.1 Å². The summed E-state index contributed by atoms with van der Waals surface area (Å²) in [6.07, 6.45) is 0. The summed E-state index contributed by atoms with van der Waals surface area (Å²) in [6, 6.07) is 11.1. The second kappa shape index (κ2) is 9.86. The number of aromatic nitrogens is 1. The number of carbonyl (C=O) groups is 2. The monoisotopic (exact) mass is 486 g/mol. The summed E-state index contributed by atoms with van der Waals surface area (Å²) in [7, 11) is 0. The number of nitrogens with one attached hydrogen (secondary N) is 2. The Balaban J connectivity index is 1.55. The van der Waals surface area contributed by atoms with Crippen LogP contribution < -0.4 is 15.5 Å². The molecule has 4 rings (SSSR count). The maximum Gasteiger partial charge on any atom is 0.252 e. The number of benzene rings is 2. The fourth-order valence-corrected chi connectivity index (χ4v) is 4.45. The van der Waals surface area contributed by atoms with Crippen LogP contribution in [0.15, 0.2) is 48.5 Å². The molecule has 1 fully saturated rings. The fourth-order valence-electron chi connectivity index (χ4n) is 3.41. The zero-order chi connectivity index (χ0) is 24.3. The molecule has 0 atom stereocenters. The SMILES string of the molecule is CC(C)(NC(=O)c1ccc(F)cc1)C(=O)Nc1nc(-c2ccc(F)cc2)c(N2CCOCC2)s1. The van der Waals surface area contributed by atoms with Gasteiger partial charge in [0.15, 0.2) is 5.13 Å². The van der Waals surface area contributed by atoms with Crippen molar-refractivity contribution >= 4 is 33.3 Å². The summed E-state index contributed by atoms with van der Waals surface area (Å²) < 4.78 is 32.0. The Morgan fingerprint density at radius 1 is 1.00 bits per heavy atom. The molecule has 178 valence electrons. The Morgan fingerprint density at radius 3 is 2.21 bits per heavy atom. The van der Waals surface area contributed by atoms with Crippen LogP contribution in [0.1, 0.15) is 24.2 Å². The van der Waals surface area contributed by atoms with Crippen LogP contribution in [0.4, 0.5) is 18.9 Å². The molecule has 1 aliphatic heterocycles. The fraction of sp³-hybridized carbons (Fsp3) is 0.292. The molecule has 0 bridgehead atoms. The first-order valence-electron chi connectivity index (χ1n) is 10.7. The molecule has 10 heteroatoms. The lowest BCUT2D eigenvalue weighted by Gasteiger charge is -2.28. The van der Waals surface area contributed by atoms with Gasteiger partial charge in [0, 0.05) is 24.2 Å². The van der Waals surface area contributed by atoms with Crippen LogP contribution in [0, 0.1) is 11.6 Å².